The van der Waals surface area contributed by atoms with Crippen molar-refractivity contribution in [1.29, 1.82) is 0 Å². The Hall–Kier alpha value is -0.160. The maximum Gasteiger partial charge on any atom is 0.180 e. The van der Waals surface area contributed by atoms with Crippen LogP contribution in [0.5, 0.6) is 0 Å². The van der Waals surface area contributed by atoms with Crippen molar-refractivity contribution in [3.05, 3.63) is 0 Å². The van der Waals surface area contributed by atoms with Gasteiger partial charge in [-0.3, -0.25) is 0 Å². The molecule has 0 aliphatic carbocycles. The normalized spacial score (nSPS) is 55.5. The summed E-state index contributed by atoms with van der Waals surface area (Å²) in [6.45, 7) is 5.14. The molecule has 1 saturated heterocycles. The minimum atomic E-state index is -1.41. The fourth-order valence-electron chi connectivity index (χ4n) is 1.48. The number of ether oxygens (including phenoxy) is 1. The molecule has 5 atom stereocenters. The predicted molar refractivity (Wildman–Crippen MR) is 44.3 cm³/mol. The van der Waals surface area contributed by atoms with Gasteiger partial charge in [-0.15, -0.1) is 0 Å². The van der Waals surface area contributed by atoms with E-state index in [1.54, 1.807) is 0 Å². The molecular weight excluding hydrogens is 158 g/mol. The molecule has 0 amide bonds. The van der Waals surface area contributed by atoms with Gasteiger partial charge in [-0.1, -0.05) is 6.92 Å². The summed E-state index contributed by atoms with van der Waals surface area (Å²) < 4.78 is 5.24. The van der Waals surface area contributed by atoms with Crippen molar-refractivity contribution < 1.29 is 14.9 Å². The molecule has 4 N–H and O–H groups in total. The molecule has 0 aromatic carbocycles. The minimum Gasteiger partial charge on any atom is -0.391 e. The third-order valence-electron chi connectivity index (χ3n) is 2.69. The van der Waals surface area contributed by atoms with Gasteiger partial charge in [0, 0.05) is 5.92 Å². The first-order chi connectivity index (χ1) is 5.36. The van der Waals surface area contributed by atoms with Crippen LogP contribution in [-0.4, -0.2) is 34.2 Å². The van der Waals surface area contributed by atoms with Gasteiger partial charge in [-0.05, 0) is 13.8 Å². The highest BCUT2D eigenvalue weighted by Gasteiger charge is 2.45. The second-order valence-corrected chi connectivity index (χ2v) is 3.75. The number of aliphatic hydroxyl groups excluding tert-OH is 1. The van der Waals surface area contributed by atoms with E-state index < -0.39 is 17.9 Å². The van der Waals surface area contributed by atoms with Crippen molar-refractivity contribution in [3.63, 3.8) is 0 Å². The maximum atomic E-state index is 9.59. The van der Waals surface area contributed by atoms with Crippen LogP contribution >= 0.6 is 0 Å². The Morgan fingerprint density at radius 1 is 1.42 bits per heavy atom. The summed E-state index contributed by atoms with van der Waals surface area (Å²) in [7, 11) is 0. The Balaban J connectivity index is 2.78. The topological polar surface area (TPSA) is 75.7 Å². The number of hydrogen-bond donors (Lipinski definition) is 3. The van der Waals surface area contributed by atoms with Crippen LogP contribution in [0.2, 0.25) is 0 Å². The third-order valence-corrected chi connectivity index (χ3v) is 2.69. The Kier molecular flexibility index (Phi) is 2.45. The van der Waals surface area contributed by atoms with Crippen LogP contribution in [0.1, 0.15) is 20.8 Å². The SMILES string of the molecule is CC1OC(C)(O)C(N)[C@H](O)[C@@H]1C. The van der Waals surface area contributed by atoms with Gasteiger partial charge in [0.2, 0.25) is 0 Å². The fourth-order valence-corrected chi connectivity index (χ4v) is 1.48. The lowest BCUT2D eigenvalue weighted by atomic mass is 9.86. The van der Waals surface area contributed by atoms with Crippen LogP contribution in [-0.2, 0) is 4.74 Å². The zero-order chi connectivity index (χ0) is 9.52. The number of rotatable bonds is 0. The molecule has 3 unspecified atom stereocenters. The molecule has 1 aliphatic heterocycles. The molecule has 0 bridgehead atoms. The van der Waals surface area contributed by atoms with Gasteiger partial charge in [0.15, 0.2) is 5.79 Å². The summed E-state index contributed by atoms with van der Waals surface area (Å²) in [5, 5.41) is 19.2. The summed E-state index contributed by atoms with van der Waals surface area (Å²) in [5.74, 6) is -1.45. The summed E-state index contributed by atoms with van der Waals surface area (Å²) in [4.78, 5) is 0. The van der Waals surface area contributed by atoms with E-state index in [9.17, 15) is 10.2 Å². The molecule has 12 heavy (non-hydrogen) atoms. The smallest absolute Gasteiger partial charge is 0.180 e. The molecule has 1 aliphatic rings. The summed E-state index contributed by atoms with van der Waals surface area (Å²) in [6.07, 6.45) is -0.876. The van der Waals surface area contributed by atoms with Crippen LogP contribution in [0.3, 0.4) is 0 Å². The molecular formula is C8H17NO3. The Morgan fingerprint density at radius 2 is 1.92 bits per heavy atom. The van der Waals surface area contributed by atoms with E-state index in [1.165, 1.54) is 6.92 Å². The molecule has 72 valence electrons. The lowest BCUT2D eigenvalue weighted by Gasteiger charge is -2.44. The van der Waals surface area contributed by atoms with Crippen molar-refractivity contribution in [2.75, 3.05) is 0 Å². The molecule has 1 heterocycles. The monoisotopic (exact) mass is 175 g/mol. The minimum absolute atomic E-state index is 0.0415. The van der Waals surface area contributed by atoms with E-state index >= 15 is 0 Å². The molecule has 0 aromatic rings. The second kappa shape index (κ2) is 2.96. The average molecular weight is 175 g/mol. The van der Waals surface area contributed by atoms with Crippen molar-refractivity contribution in [1.82, 2.24) is 0 Å². The van der Waals surface area contributed by atoms with E-state index in [4.69, 9.17) is 10.5 Å². The van der Waals surface area contributed by atoms with E-state index in [-0.39, 0.29) is 12.0 Å². The standard InChI is InChI=1S/C8H17NO3/c1-4-5(2)12-8(3,11)7(9)6(4)10/h4-7,10-11H,9H2,1-3H3/t4-,5?,6-,7?,8?/m1/s1. The summed E-state index contributed by atoms with van der Waals surface area (Å²) in [6, 6.07) is -0.733. The quantitative estimate of drug-likeness (QED) is 0.461. The van der Waals surface area contributed by atoms with Gasteiger partial charge in [0.1, 0.15) is 0 Å². The van der Waals surface area contributed by atoms with Crippen molar-refractivity contribution in [2.24, 2.45) is 11.7 Å². The number of aliphatic hydroxyl groups is 2. The molecule has 0 saturated carbocycles. The van der Waals surface area contributed by atoms with Crippen LogP contribution in [0.25, 0.3) is 0 Å². The van der Waals surface area contributed by atoms with Crippen LogP contribution in [0, 0.1) is 5.92 Å². The Morgan fingerprint density at radius 3 is 2.42 bits per heavy atom. The van der Waals surface area contributed by atoms with Gasteiger partial charge < -0.3 is 20.7 Å². The van der Waals surface area contributed by atoms with Crippen molar-refractivity contribution in [3.8, 4) is 0 Å². The second-order valence-electron chi connectivity index (χ2n) is 3.75. The Labute approximate surface area is 72.3 Å². The van der Waals surface area contributed by atoms with Gasteiger partial charge in [0.05, 0.1) is 18.2 Å². The highest BCUT2D eigenvalue weighted by molar-refractivity contribution is 4.93. The van der Waals surface area contributed by atoms with E-state index in [0.29, 0.717) is 0 Å². The van der Waals surface area contributed by atoms with Crippen molar-refractivity contribution in [2.45, 2.75) is 44.8 Å². The van der Waals surface area contributed by atoms with E-state index in [0.717, 1.165) is 0 Å². The first kappa shape index (κ1) is 9.92. The summed E-state index contributed by atoms with van der Waals surface area (Å²) in [5.41, 5.74) is 5.58. The summed E-state index contributed by atoms with van der Waals surface area (Å²) >= 11 is 0. The lowest BCUT2D eigenvalue weighted by Crippen LogP contribution is -2.63. The highest BCUT2D eigenvalue weighted by Crippen LogP contribution is 2.29. The van der Waals surface area contributed by atoms with Crippen LogP contribution < -0.4 is 5.73 Å². The first-order valence-corrected chi connectivity index (χ1v) is 4.20. The molecule has 0 spiro atoms. The van der Waals surface area contributed by atoms with Crippen LogP contribution in [0.15, 0.2) is 0 Å². The van der Waals surface area contributed by atoms with Crippen LogP contribution in [0.4, 0.5) is 0 Å². The lowest BCUT2D eigenvalue weighted by molar-refractivity contribution is -0.283. The Bertz CT molecular complexity index is 172. The largest absolute Gasteiger partial charge is 0.391 e. The van der Waals surface area contributed by atoms with Gasteiger partial charge in [-0.2, -0.15) is 0 Å². The number of nitrogens with two attached hydrogens (primary N) is 1. The molecule has 1 fully saturated rings. The first-order valence-electron chi connectivity index (χ1n) is 4.20. The van der Waals surface area contributed by atoms with Gasteiger partial charge >= 0.3 is 0 Å². The fraction of sp³-hybridized carbons (Fsp3) is 1.00. The highest BCUT2D eigenvalue weighted by atomic mass is 16.6. The molecule has 0 radical (unpaired) electrons. The average Bonchev–Trinajstić information content (AvgIpc) is 1.97. The molecule has 1 rings (SSSR count). The maximum absolute atomic E-state index is 9.59. The van der Waals surface area contributed by atoms with Gasteiger partial charge in [0.25, 0.3) is 0 Å². The molecule has 4 nitrogen and oxygen atoms in total. The molecule has 4 heteroatoms. The van der Waals surface area contributed by atoms with E-state index in [2.05, 4.69) is 0 Å². The third kappa shape index (κ3) is 1.47. The number of hydrogen-bond acceptors (Lipinski definition) is 4. The molecule has 0 aromatic heterocycles. The van der Waals surface area contributed by atoms with Crippen molar-refractivity contribution >= 4 is 0 Å². The van der Waals surface area contributed by atoms with Gasteiger partial charge in [-0.25, -0.2) is 0 Å². The zero-order valence-electron chi connectivity index (χ0n) is 7.69. The van der Waals surface area contributed by atoms with E-state index in [1.807, 2.05) is 13.8 Å². The predicted octanol–water partition coefficient (Wildman–Crippen LogP) is -0.562. The zero-order valence-corrected chi connectivity index (χ0v) is 7.69.